The molecule has 2 heteroatoms. The van der Waals surface area contributed by atoms with Crippen LogP contribution in [0.4, 0.5) is 0 Å². The second kappa shape index (κ2) is 6.15. The van der Waals surface area contributed by atoms with Gasteiger partial charge in [-0.3, -0.25) is 0 Å². The highest BCUT2D eigenvalue weighted by molar-refractivity contribution is 5.58. The highest BCUT2D eigenvalue weighted by atomic mass is 16.6. The van der Waals surface area contributed by atoms with Crippen molar-refractivity contribution in [2.45, 2.75) is 20.3 Å². The lowest BCUT2D eigenvalue weighted by atomic mass is 10.3. The zero-order chi connectivity index (χ0) is 7.82. The van der Waals surface area contributed by atoms with Crippen molar-refractivity contribution in [1.29, 1.82) is 0 Å². The molecule has 0 aromatic carbocycles. The first kappa shape index (κ1) is 9.03. The second-order valence-electron chi connectivity index (χ2n) is 2.16. The predicted molar refractivity (Wildman–Crippen MR) is 41.7 cm³/mol. The molecule has 0 N–H and O–H groups in total. The van der Waals surface area contributed by atoms with E-state index in [0.717, 1.165) is 0 Å². The summed E-state index contributed by atoms with van der Waals surface area (Å²) in [6, 6.07) is 0. The first-order valence-corrected chi connectivity index (χ1v) is 3.28. The third-order valence-electron chi connectivity index (χ3n) is 0.713. The molecular weight excluding hydrogens is 126 g/mol. The van der Waals surface area contributed by atoms with Gasteiger partial charge in [0.05, 0.1) is 0 Å². The van der Waals surface area contributed by atoms with Gasteiger partial charge in [-0.2, -0.15) is 0 Å². The Balaban J connectivity index is 3.12. The van der Waals surface area contributed by atoms with Gasteiger partial charge in [0.25, 0.3) is 0 Å². The minimum absolute atomic E-state index is 0.311. The molecule has 0 bridgehead atoms. The van der Waals surface area contributed by atoms with Crippen LogP contribution in [0.15, 0.2) is 5.16 Å². The molecule has 0 aromatic rings. The van der Waals surface area contributed by atoms with Gasteiger partial charge in [0.15, 0.2) is 0 Å². The van der Waals surface area contributed by atoms with Crippen LogP contribution >= 0.6 is 0 Å². The summed E-state index contributed by atoms with van der Waals surface area (Å²) in [5, 5.41) is 3.56. The van der Waals surface area contributed by atoms with Crippen LogP contribution in [0.5, 0.6) is 0 Å². The molecule has 10 heavy (non-hydrogen) atoms. The third kappa shape index (κ3) is 7.03. The fraction of sp³-hybridized carbons (Fsp3) is 0.625. The minimum atomic E-state index is 0.311. The standard InChI is InChI=1S/C8H12NO/c1-4-5-6-10-9-7-8(2)3/h1,8H,5-6H2,2-3H3. The summed E-state index contributed by atoms with van der Waals surface area (Å²) < 4.78 is 0. The van der Waals surface area contributed by atoms with Crippen molar-refractivity contribution in [3.63, 3.8) is 0 Å². The molecule has 0 fully saturated rings. The van der Waals surface area contributed by atoms with Crippen LogP contribution in [-0.2, 0) is 4.84 Å². The number of hydrogen-bond acceptors (Lipinski definition) is 2. The number of rotatable bonds is 4. The van der Waals surface area contributed by atoms with E-state index in [1.165, 1.54) is 0 Å². The average Bonchev–Trinajstić information content (AvgIpc) is 1.87. The first-order valence-electron chi connectivity index (χ1n) is 3.28. The smallest absolute Gasteiger partial charge is 0.128 e. The fourth-order valence-electron chi connectivity index (χ4n) is 0.293. The Hall–Kier alpha value is -0.970. The molecule has 0 amide bonds. The zero-order valence-electron chi connectivity index (χ0n) is 6.42. The van der Waals surface area contributed by atoms with E-state index < -0.39 is 0 Å². The van der Waals surface area contributed by atoms with E-state index in [9.17, 15) is 0 Å². The zero-order valence-corrected chi connectivity index (χ0v) is 6.42. The van der Waals surface area contributed by atoms with Crippen molar-refractivity contribution in [2.75, 3.05) is 6.61 Å². The van der Waals surface area contributed by atoms with Crippen molar-refractivity contribution in [3.8, 4) is 12.3 Å². The summed E-state index contributed by atoms with van der Waals surface area (Å²) >= 11 is 0. The van der Waals surface area contributed by atoms with E-state index in [0.29, 0.717) is 18.9 Å². The van der Waals surface area contributed by atoms with E-state index in [1.807, 2.05) is 13.8 Å². The molecule has 2 nitrogen and oxygen atoms in total. The molecule has 0 saturated heterocycles. The summed E-state index contributed by atoms with van der Waals surface area (Å²) in [5.41, 5.74) is 0. The predicted octanol–water partition coefficient (Wildman–Crippen LogP) is 1.55. The largest absolute Gasteiger partial charge is 0.395 e. The van der Waals surface area contributed by atoms with E-state index in [4.69, 9.17) is 11.3 Å². The maximum Gasteiger partial charge on any atom is 0.128 e. The molecule has 0 rings (SSSR count). The SMILES string of the molecule is C#CCCO/N=[C]/C(C)C. The van der Waals surface area contributed by atoms with Crippen LogP contribution in [0.2, 0.25) is 0 Å². The van der Waals surface area contributed by atoms with E-state index >= 15 is 0 Å². The molecule has 0 aliphatic rings. The van der Waals surface area contributed by atoms with Gasteiger partial charge in [-0.25, -0.2) is 0 Å². The van der Waals surface area contributed by atoms with Crippen LogP contribution in [0, 0.1) is 18.3 Å². The van der Waals surface area contributed by atoms with Crippen molar-refractivity contribution < 1.29 is 4.84 Å². The van der Waals surface area contributed by atoms with Gasteiger partial charge in [-0.1, -0.05) is 19.0 Å². The minimum Gasteiger partial charge on any atom is -0.395 e. The van der Waals surface area contributed by atoms with E-state index in [-0.39, 0.29) is 0 Å². The molecule has 0 spiro atoms. The van der Waals surface area contributed by atoms with Crippen molar-refractivity contribution in [3.05, 3.63) is 0 Å². The quantitative estimate of drug-likeness (QED) is 0.250. The average molecular weight is 138 g/mol. The van der Waals surface area contributed by atoms with E-state index in [2.05, 4.69) is 17.3 Å². The topological polar surface area (TPSA) is 21.6 Å². The van der Waals surface area contributed by atoms with Crippen LogP contribution < -0.4 is 0 Å². The molecule has 0 heterocycles. The Morgan fingerprint density at radius 3 is 2.80 bits per heavy atom. The van der Waals surface area contributed by atoms with Gasteiger partial charge < -0.3 is 4.84 Å². The summed E-state index contributed by atoms with van der Waals surface area (Å²) in [7, 11) is 0. The van der Waals surface area contributed by atoms with Crippen LogP contribution in [0.3, 0.4) is 0 Å². The molecule has 0 aromatic heterocycles. The summed E-state index contributed by atoms with van der Waals surface area (Å²) in [4.78, 5) is 4.76. The number of hydrogen-bond donors (Lipinski definition) is 0. The highest BCUT2D eigenvalue weighted by Gasteiger charge is 1.85. The summed E-state index contributed by atoms with van der Waals surface area (Å²) in [6.45, 7) is 4.44. The highest BCUT2D eigenvalue weighted by Crippen LogP contribution is 1.86. The Bertz CT molecular complexity index is 133. The van der Waals surface area contributed by atoms with Gasteiger partial charge >= 0.3 is 0 Å². The molecular formula is C8H12NO. The fourth-order valence-corrected chi connectivity index (χ4v) is 0.293. The molecule has 55 valence electrons. The maximum atomic E-state index is 4.98. The maximum absolute atomic E-state index is 4.98. The molecule has 0 atom stereocenters. The molecule has 0 unspecified atom stereocenters. The Morgan fingerprint density at radius 2 is 2.30 bits per heavy atom. The molecule has 1 radical (unpaired) electrons. The normalized spacial score (nSPS) is 10.2. The third-order valence-corrected chi connectivity index (χ3v) is 0.713. The summed E-state index contributed by atoms with van der Waals surface area (Å²) in [5.74, 6) is 2.75. The van der Waals surface area contributed by atoms with Crippen LogP contribution in [0.25, 0.3) is 0 Å². The van der Waals surface area contributed by atoms with Crippen LogP contribution in [0.1, 0.15) is 20.3 Å². The van der Waals surface area contributed by atoms with Crippen molar-refractivity contribution in [1.82, 2.24) is 0 Å². The molecule has 0 aliphatic heterocycles. The van der Waals surface area contributed by atoms with Gasteiger partial charge in [0.2, 0.25) is 0 Å². The lowest BCUT2D eigenvalue weighted by Crippen LogP contribution is -1.90. The lowest BCUT2D eigenvalue weighted by molar-refractivity contribution is 0.151. The Kier molecular flexibility index (Phi) is 5.56. The van der Waals surface area contributed by atoms with Gasteiger partial charge in [0.1, 0.15) is 12.8 Å². The van der Waals surface area contributed by atoms with Gasteiger partial charge in [-0.05, 0) is 0 Å². The van der Waals surface area contributed by atoms with Crippen molar-refractivity contribution in [2.24, 2.45) is 11.1 Å². The van der Waals surface area contributed by atoms with Crippen molar-refractivity contribution >= 4 is 6.21 Å². The molecule has 0 saturated carbocycles. The van der Waals surface area contributed by atoms with E-state index in [1.54, 1.807) is 0 Å². The molecule has 0 aliphatic carbocycles. The Labute approximate surface area is 62.3 Å². The monoisotopic (exact) mass is 138 g/mol. The van der Waals surface area contributed by atoms with Crippen LogP contribution in [-0.4, -0.2) is 12.8 Å². The first-order chi connectivity index (χ1) is 4.77. The number of terminal acetylenes is 1. The summed E-state index contributed by atoms with van der Waals surface area (Å²) in [6.07, 6.45) is 8.32. The second-order valence-corrected chi connectivity index (χ2v) is 2.16. The lowest BCUT2D eigenvalue weighted by Gasteiger charge is -1.93. The number of nitrogens with zero attached hydrogens (tertiary/aromatic N) is 1. The van der Waals surface area contributed by atoms with Gasteiger partial charge in [-0.15, -0.1) is 12.3 Å². The Morgan fingerprint density at radius 1 is 1.60 bits per heavy atom. The van der Waals surface area contributed by atoms with Gasteiger partial charge in [0, 0.05) is 12.3 Å².